The maximum Gasteiger partial charge on any atom is 0.186 e. The van der Waals surface area contributed by atoms with Gasteiger partial charge in [0.05, 0.1) is 28.4 Å². The summed E-state index contributed by atoms with van der Waals surface area (Å²) >= 11 is 5.03. The highest BCUT2D eigenvalue weighted by Crippen LogP contribution is 2.33. The first-order valence-electron chi connectivity index (χ1n) is 8.85. The molecule has 0 saturated carbocycles. The standard InChI is InChI=1S/C21H23BrN2O4S/c1-25-16-7-5-14(18(9-16)27-3)11-24(21-23-20(22)13-29-21)12-15-6-8-17(26-2)10-19(15)28-4/h5-10,13H,11-12H2,1-4H3. The molecule has 1 aromatic heterocycles. The second-order valence-electron chi connectivity index (χ2n) is 6.16. The van der Waals surface area contributed by atoms with Gasteiger partial charge in [0.1, 0.15) is 27.6 Å². The number of anilines is 1. The Balaban J connectivity index is 1.95. The van der Waals surface area contributed by atoms with E-state index in [9.17, 15) is 0 Å². The normalized spacial score (nSPS) is 10.5. The Hall–Kier alpha value is -2.45. The zero-order valence-electron chi connectivity index (χ0n) is 16.8. The average molecular weight is 479 g/mol. The van der Waals surface area contributed by atoms with Gasteiger partial charge in [0.25, 0.3) is 0 Å². The third kappa shape index (κ3) is 5.13. The Morgan fingerprint density at radius 2 is 1.34 bits per heavy atom. The van der Waals surface area contributed by atoms with Crippen molar-refractivity contribution >= 4 is 32.4 Å². The minimum absolute atomic E-state index is 0.613. The number of rotatable bonds is 9. The summed E-state index contributed by atoms with van der Waals surface area (Å²) in [5.74, 6) is 3.05. The molecule has 1 heterocycles. The number of nitrogens with zero attached hydrogens (tertiary/aromatic N) is 2. The predicted octanol–water partition coefficient (Wildman–Crippen LogP) is 5.15. The number of thiazole rings is 1. The summed E-state index contributed by atoms with van der Waals surface area (Å²) < 4.78 is 22.6. The van der Waals surface area contributed by atoms with Crippen molar-refractivity contribution < 1.29 is 18.9 Å². The maximum atomic E-state index is 5.58. The molecular formula is C21H23BrN2O4S. The summed E-state index contributed by atoms with van der Waals surface area (Å²) in [6, 6.07) is 11.7. The molecule has 3 rings (SSSR count). The summed E-state index contributed by atoms with van der Waals surface area (Å²) in [6.45, 7) is 1.23. The minimum atomic E-state index is 0.613. The zero-order chi connectivity index (χ0) is 20.8. The van der Waals surface area contributed by atoms with E-state index in [1.807, 2.05) is 41.8 Å². The second kappa shape index (κ2) is 9.84. The van der Waals surface area contributed by atoms with E-state index in [-0.39, 0.29) is 0 Å². The third-order valence-electron chi connectivity index (χ3n) is 4.45. The van der Waals surface area contributed by atoms with E-state index in [0.717, 1.165) is 43.9 Å². The van der Waals surface area contributed by atoms with Gasteiger partial charge < -0.3 is 23.8 Å². The molecule has 0 aliphatic heterocycles. The molecule has 0 aliphatic carbocycles. The highest BCUT2D eigenvalue weighted by Gasteiger charge is 2.17. The fourth-order valence-electron chi connectivity index (χ4n) is 2.96. The van der Waals surface area contributed by atoms with Gasteiger partial charge in [0, 0.05) is 41.7 Å². The smallest absolute Gasteiger partial charge is 0.186 e. The first-order chi connectivity index (χ1) is 14.1. The SMILES string of the molecule is COc1ccc(CN(Cc2ccc(OC)cc2OC)c2nc(Br)cs2)c(OC)c1. The van der Waals surface area contributed by atoms with Crippen molar-refractivity contribution in [2.75, 3.05) is 33.3 Å². The molecule has 0 radical (unpaired) electrons. The number of hydrogen-bond acceptors (Lipinski definition) is 7. The van der Waals surface area contributed by atoms with Crippen molar-refractivity contribution in [1.82, 2.24) is 4.98 Å². The van der Waals surface area contributed by atoms with Gasteiger partial charge in [-0.15, -0.1) is 11.3 Å². The van der Waals surface area contributed by atoms with Crippen molar-refractivity contribution in [3.8, 4) is 23.0 Å². The van der Waals surface area contributed by atoms with Crippen molar-refractivity contribution in [2.45, 2.75) is 13.1 Å². The maximum absolute atomic E-state index is 5.58. The highest BCUT2D eigenvalue weighted by molar-refractivity contribution is 9.10. The van der Waals surface area contributed by atoms with Gasteiger partial charge in [-0.3, -0.25) is 0 Å². The fourth-order valence-corrected chi connectivity index (χ4v) is 4.21. The van der Waals surface area contributed by atoms with E-state index in [4.69, 9.17) is 18.9 Å². The van der Waals surface area contributed by atoms with E-state index in [1.165, 1.54) is 0 Å². The van der Waals surface area contributed by atoms with Crippen molar-refractivity contribution in [1.29, 1.82) is 0 Å². The number of aromatic nitrogens is 1. The molecule has 0 aliphatic rings. The van der Waals surface area contributed by atoms with Gasteiger partial charge in [-0.1, -0.05) is 0 Å². The van der Waals surface area contributed by atoms with Crippen LogP contribution in [-0.2, 0) is 13.1 Å². The van der Waals surface area contributed by atoms with Crippen LogP contribution in [0.25, 0.3) is 0 Å². The quantitative estimate of drug-likeness (QED) is 0.423. The molecule has 0 atom stereocenters. The summed E-state index contributed by atoms with van der Waals surface area (Å²) in [7, 11) is 6.61. The van der Waals surface area contributed by atoms with Gasteiger partial charge in [-0.2, -0.15) is 0 Å². The molecule has 0 N–H and O–H groups in total. The molecule has 8 heteroatoms. The minimum Gasteiger partial charge on any atom is -0.497 e. The summed E-state index contributed by atoms with van der Waals surface area (Å²) in [4.78, 5) is 6.80. The molecule has 6 nitrogen and oxygen atoms in total. The van der Waals surface area contributed by atoms with E-state index < -0.39 is 0 Å². The van der Waals surface area contributed by atoms with E-state index >= 15 is 0 Å². The average Bonchev–Trinajstić information content (AvgIpc) is 3.19. The Morgan fingerprint density at radius 3 is 1.72 bits per heavy atom. The van der Waals surface area contributed by atoms with Gasteiger partial charge in [0.2, 0.25) is 0 Å². The molecule has 0 unspecified atom stereocenters. The number of benzene rings is 2. The van der Waals surface area contributed by atoms with Gasteiger partial charge >= 0.3 is 0 Å². The van der Waals surface area contributed by atoms with Crippen LogP contribution in [0.15, 0.2) is 46.4 Å². The first kappa shape index (κ1) is 21.3. The summed E-state index contributed by atoms with van der Waals surface area (Å²) in [5, 5.41) is 2.87. The molecule has 29 heavy (non-hydrogen) atoms. The van der Waals surface area contributed by atoms with Gasteiger partial charge in [-0.05, 0) is 40.2 Å². The lowest BCUT2D eigenvalue weighted by Crippen LogP contribution is -2.22. The van der Waals surface area contributed by atoms with Crippen LogP contribution in [0.1, 0.15) is 11.1 Å². The highest BCUT2D eigenvalue weighted by atomic mass is 79.9. The van der Waals surface area contributed by atoms with Crippen LogP contribution in [0.4, 0.5) is 5.13 Å². The number of methoxy groups -OCH3 is 4. The Morgan fingerprint density at radius 1 is 0.828 bits per heavy atom. The predicted molar refractivity (Wildman–Crippen MR) is 119 cm³/mol. The lowest BCUT2D eigenvalue weighted by Gasteiger charge is -2.24. The Bertz CT molecular complexity index is 906. The van der Waals surface area contributed by atoms with E-state index in [1.54, 1.807) is 39.8 Å². The molecule has 0 bridgehead atoms. The van der Waals surface area contributed by atoms with Crippen molar-refractivity contribution in [3.05, 3.63) is 57.5 Å². The van der Waals surface area contributed by atoms with Crippen LogP contribution in [0.2, 0.25) is 0 Å². The Labute approximate surface area is 183 Å². The van der Waals surface area contributed by atoms with E-state index in [2.05, 4.69) is 25.8 Å². The molecule has 0 saturated heterocycles. The molecule has 154 valence electrons. The van der Waals surface area contributed by atoms with Gasteiger partial charge in [0.15, 0.2) is 5.13 Å². The van der Waals surface area contributed by atoms with Gasteiger partial charge in [-0.25, -0.2) is 4.98 Å². The fraction of sp³-hybridized carbons (Fsp3) is 0.286. The van der Waals surface area contributed by atoms with Crippen LogP contribution in [0.3, 0.4) is 0 Å². The van der Waals surface area contributed by atoms with Crippen LogP contribution in [-0.4, -0.2) is 33.4 Å². The van der Waals surface area contributed by atoms with Crippen LogP contribution >= 0.6 is 27.3 Å². The lowest BCUT2D eigenvalue weighted by molar-refractivity contribution is 0.389. The van der Waals surface area contributed by atoms with Crippen LogP contribution < -0.4 is 23.8 Å². The van der Waals surface area contributed by atoms with Crippen molar-refractivity contribution in [2.24, 2.45) is 0 Å². The topological polar surface area (TPSA) is 53.1 Å². The van der Waals surface area contributed by atoms with Crippen LogP contribution in [0, 0.1) is 0 Å². The Kier molecular flexibility index (Phi) is 7.22. The number of halogens is 1. The molecule has 0 fully saturated rings. The lowest BCUT2D eigenvalue weighted by atomic mass is 10.1. The summed E-state index contributed by atoms with van der Waals surface area (Å²) in [6.07, 6.45) is 0. The number of hydrogen-bond donors (Lipinski definition) is 0. The van der Waals surface area contributed by atoms with E-state index in [0.29, 0.717) is 13.1 Å². The first-order valence-corrected chi connectivity index (χ1v) is 10.5. The molecular weight excluding hydrogens is 456 g/mol. The zero-order valence-corrected chi connectivity index (χ0v) is 19.2. The monoisotopic (exact) mass is 478 g/mol. The molecule has 0 amide bonds. The second-order valence-corrected chi connectivity index (χ2v) is 7.81. The molecule has 3 aromatic rings. The molecule has 2 aromatic carbocycles. The third-order valence-corrected chi connectivity index (χ3v) is 6.06. The molecule has 0 spiro atoms. The van der Waals surface area contributed by atoms with Crippen LogP contribution in [0.5, 0.6) is 23.0 Å². The summed E-state index contributed by atoms with van der Waals surface area (Å²) in [5.41, 5.74) is 2.07. The van der Waals surface area contributed by atoms with Crippen molar-refractivity contribution in [3.63, 3.8) is 0 Å². The largest absolute Gasteiger partial charge is 0.497 e. The number of ether oxygens (including phenoxy) is 4.